The fraction of sp³-hybridized carbons (Fsp3) is 0.867. The van der Waals surface area contributed by atoms with Gasteiger partial charge in [0.15, 0.2) is 0 Å². The number of aromatic amines is 1. The van der Waals surface area contributed by atoms with Gasteiger partial charge in [0.25, 0.3) is 0 Å². The van der Waals surface area contributed by atoms with Crippen LogP contribution < -0.4 is 10.6 Å². The number of H-pyrrole nitrogens is 1. The minimum atomic E-state index is 0.268. The third kappa shape index (κ3) is 4.78. The van der Waals surface area contributed by atoms with E-state index in [2.05, 4.69) is 27.0 Å². The van der Waals surface area contributed by atoms with E-state index in [1.165, 1.54) is 38.5 Å². The molecular formula is C15H29N5. The Balaban J connectivity index is 1.69. The number of aromatic nitrogens is 3. The Morgan fingerprint density at radius 3 is 2.85 bits per heavy atom. The molecule has 5 nitrogen and oxygen atoms in total. The van der Waals surface area contributed by atoms with Gasteiger partial charge in [-0.15, -0.1) is 5.10 Å². The number of unbranched alkanes of at least 4 members (excludes halogenated alkanes) is 5. The van der Waals surface area contributed by atoms with Crippen LogP contribution in [0.3, 0.4) is 0 Å². The van der Waals surface area contributed by atoms with Crippen molar-refractivity contribution < 1.29 is 0 Å². The molecule has 114 valence electrons. The Morgan fingerprint density at radius 1 is 1.25 bits per heavy atom. The molecule has 0 bridgehead atoms. The second kappa shape index (κ2) is 8.25. The summed E-state index contributed by atoms with van der Waals surface area (Å²) >= 11 is 0. The van der Waals surface area contributed by atoms with Crippen molar-refractivity contribution in [2.24, 2.45) is 5.73 Å². The number of hydrogen-bond acceptors (Lipinski definition) is 4. The fourth-order valence-electron chi connectivity index (χ4n) is 2.80. The van der Waals surface area contributed by atoms with Crippen molar-refractivity contribution in [1.82, 2.24) is 15.2 Å². The van der Waals surface area contributed by atoms with Crippen molar-refractivity contribution in [3.63, 3.8) is 0 Å². The summed E-state index contributed by atoms with van der Waals surface area (Å²) < 4.78 is 0. The van der Waals surface area contributed by atoms with Crippen LogP contribution in [0.5, 0.6) is 0 Å². The zero-order chi connectivity index (χ0) is 14.2. The summed E-state index contributed by atoms with van der Waals surface area (Å²) in [5, 5.41) is 7.41. The lowest BCUT2D eigenvalue weighted by atomic mass is 10.1. The molecule has 0 radical (unpaired) electrons. The van der Waals surface area contributed by atoms with Crippen LogP contribution >= 0.6 is 0 Å². The highest BCUT2D eigenvalue weighted by molar-refractivity contribution is 5.29. The number of rotatable bonds is 8. The molecule has 0 aromatic carbocycles. The molecule has 5 heteroatoms. The summed E-state index contributed by atoms with van der Waals surface area (Å²) in [5.74, 6) is 1.86. The molecule has 0 saturated carbocycles. The molecule has 0 amide bonds. The van der Waals surface area contributed by atoms with Gasteiger partial charge in [0.1, 0.15) is 5.82 Å². The smallest absolute Gasteiger partial charge is 0.244 e. The summed E-state index contributed by atoms with van der Waals surface area (Å²) in [4.78, 5) is 6.81. The summed E-state index contributed by atoms with van der Waals surface area (Å²) in [5.41, 5.74) is 6.00. The number of nitrogens with one attached hydrogen (secondary N) is 1. The van der Waals surface area contributed by atoms with Crippen LogP contribution in [0.2, 0.25) is 0 Å². The Bertz CT molecular complexity index is 376. The van der Waals surface area contributed by atoms with E-state index in [4.69, 9.17) is 5.73 Å². The van der Waals surface area contributed by atoms with Crippen LogP contribution in [0.1, 0.15) is 64.1 Å². The molecule has 1 atom stereocenters. The van der Waals surface area contributed by atoms with Gasteiger partial charge < -0.3 is 10.6 Å². The van der Waals surface area contributed by atoms with Crippen molar-refractivity contribution in [1.29, 1.82) is 0 Å². The van der Waals surface area contributed by atoms with E-state index in [-0.39, 0.29) is 6.04 Å². The van der Waals surface area contributed by atoms with Crippen molar-refractivity contribution in [3.05, 3.63) is 5.82 Å². The van der Waals surface area contributed by atoms with Gasteiger partial charge in [-0.05, 0) is 19.3 Å². The fourth-order valence-corrected chi connectivity index (χ4v) is 2.80. The molecule has 0 spiro atoms. The zero-order valence-corrected chi connectivity index (χ0v) is 12.8. The molecule has 0 aliphatic carbocycles. The maximum Gasteiger partial charge on any atom is 0.244 e. The molecule has 2 heterocycles. The van der Waals surface area contributed by atoms with Gasteiger partial charge in [-0.1, -0.05) is 39.0 Å². The van der Waals surface area contributed by atoms with Gasteiger partial charge in [0.2, 0.25) is 5.95 Å². The van der Waals surface area contributed by atoms with Crippen LogP contribution in [-0.2, 0) is 6.42 Å². The van der Waals surface area contributed by atoms with Gasteiger partial charge in [-0.25, -0.2) is 0 Å². The largest absolute Gasteiger partial charge is 0.338 e. The highest BCUT2D eigenvalue weighted by atomic mass is 15.4. The highest BCUT2D eigenvalue weighted by Crippen LogP contribution is 2.15. The first kappa shape index (κ1) is 15.3. The third-order valence-electron chi connectivity index (χ3n) is 4.03. The lowest BCUT2D eigenvalue weighted by Crippen LogP contribution is -2.43. The first-order valence-electron chi connectivity index (χ1n) is 8.21. The highest BCUT2D eigenvalue weighted by Gasteiger charge is 2.19. The number of nitrogens with two attached hydrogens (primary N) is 1. The van der Waals surface area contributed by atoms with Crippen LogP contribution in [-0.4, -0.2) is 34.3 Å². The van der Waals surface area contributed by atoms with Crippen molar-refractivity contribution >= 4 is 5.95 Å². The Morgan fingerprint density at radius 2 is 2.05 bits per heavy atom. The van der Waals surface area contributed by atoms with E-state index in [9.17, 15) is 0 Å². The normalized spacial score (nSPS) is 19.5. The molecule has 1 aliphatic rings. The first-order valence-corrected chi connectivity index (χ1v) is 8.21. The average molecular weight is 279 g/mol. The van der Waals surface area contributed by atoms with E-state index >= 15 is 0 Å². The van der Waals surface area contributed by atoms with Gasteiger partial charge in [0.05, 0.1) is 0 Å². The van der Waals surface area contributed by atoms with E-state index in [0.717, 1.165) is 44.1 Å². The number of aryl methyl sites for hydroxylation is 1. The number of anilines is 1. The standard InChI is InChI=1S/C15H29N5/c1-2-3-4-5-6-7-10-14-17-15(19-18-14)20-11-8-9-13(16)12-20/h13H,2-12,16H2,1H3,(H,17,18,19). The number of piperidine rings is 1. The summed E-state index contributed by atoms with van der Waals surface area (Å²) in [6.45, 7) is 4.17. The van der Waals surface area contributed by atoms with Gasteiger partial charge in [-0.2, -0.15) is 4.98 Å². The van der Waals surface area contributed by atoms with Gasteiger partial charge in [0, 0.05) is 25.6 Å². The molecule has 1 unspecified atom stereocenters. The minimum absolute atomic E-state index is 0.268. The summed E-state index contributed by atoms with van der Waals surface area (Å²) in [7, 11) is 0. The van der Waals surface area contributed by atoms with Crippen LogP contribution in [0.15, 0.2) is 0 Å². The van der Waals surface area contributed by atoms with Crippen molar-refractivity contribution in [2.75, 3.05) is 18.0 Å². The predicted molar refractivity (Wildman–Crippen MR) is 82.9 cm³/mol. The molecule has 20 heavy (non-hydrogen) atoms. The lowest BCUT2D eigenvalue weighted by molar-refractivity contribution is 0.500. The molecule has 1 aromatic heterocycles. The minimum Gasteiger partial charge on any atom is -0.338 e. The number of hydrogen-bond donors (Lipinski definition) is 2. The topological polar surface area (TPSA) is 70.8 Å². The third-order valence-corrected chi connectivity index (χ3v) is 4.03. The second-order valence-corrected chi connectivity index (χ2v) is 5.95. The predicted octanol–water partition coefficient (Wildman–Crippen LogP) is 2.64. The number of nitrogens with zero attached hydrogens (tertiary/aromatic N) is 3. The van der Waals surface area contributed by atoms with Crippen molar-refractivity contribution in [3.8, 4) is 0 Å². The maximum atomic E-state index is 6.00. The van der Waals surface area contributed by atoms with Gasteiger partial charge in [-0.3, -0.25) is 5.10 Å². The zero-order valence-electron chi connectivity index (χ0n) is 12.8. The van der Waals surface area contributed by atoms with Crippen LogP contribution in [0.25, 0.3) is 0 Å². The van der Waals surface area contributed by atoms with E-state index in [0.29, 0.717) is 0 Å². The molecule has 1 fully saturated rings. The van der Waals surface area contributed by atoms with E-state index in [1.807, 2.05) is 0 Å². The lowest BCUT2D eigenvalue weighted by Gasteiger charge is -2.29. The monoisotopic (exact) mass is 279 g/mol. The second-order valence-electron chi connectivity index (χ2n) is 5.95. The van der Waals surface area contributed by atoms with E-state index in [1.54, 1.807) is 0 Å². The van der Waals surface area contributed by atoms with Crippen LogP contribution in [0, 0.1) is 0 Å². The first-order chi connectivity index (χ1) is 9.79. The Kier molecular flexibility index (Phi) is 6.30. The van der Waals surface area contributed by atoms with E-state index < -0.39 is 0 Å². The molecule has 1 aromatic rings. The average Bonchev–Trinajstić information content (AvgIpc) is 2.91. The molecule has 2 rings (SSSR count). The maximum absolute atomic E-state index is 6.00. The molecule has 1 saturated heterocycles. The van der Waals surface area contributed by atoms with Crippen LogP contribution in [0.4, 0.5) is 5.95 Å². The SMILES string of the molecule is CCCCCCCCc1nc(N2CCCC(N)C2)n[nH]1. The summed E-state index contributed by atoms with van der Waals surface area (Å²) in [6, 6.07) is 0.268. The molecule has 1 aliphatic heterocycles. The molecular weight excluding hydrogens is 250 g/mol. The molecule has 3 N–H and O–H groups in total. The van der Waals surface area contributed by atoms with Gasteiger partial charge >= 0.3 is 0 Å². The quantitative estimate of drug-likeness (QED) is 0.718. The Hall–Kier alpha value is -1.10. The Labute approximate surface area is 122 Å². The summed E-state index contributed by atoms with van der Waals surface area (Å²) in [6.07, 6.45) is 11.2. The van der Waals surface area contributed by atoms with Crippen molar-refractivity contribution in [2.45, 2.75) is 70.8 Å².